The molecule has 22 heavy (non-hydrogen) atoms. The van der Waals surface area contributed by atoms with Crippen molar-refractivity contribution in [1.82, 2.24) is 15.6 Å². The van der Waals surface area contributed by atoms with E-state index in [0.29, 0.717) is 19.0 Å². The number of guanidine groups is 1. The van der Waals surface area contributed by atoms with E-state index in [1.165, 1.54) is 17.0 Å². The summed E-state index contributed by atoms with van der Waals surface area (Å²) in [5.41, 5.74) is 1.94. The minimum Gasteiger partial charge on any atom is -0.352 e. The molecule has 0 spiro atoms. The van der Waals surface area contributed by atoms with Gasteiger partial charge in [0.1, 0.15) is 10.8 Å². The summed E-state index contributed by atoms with van der Waals surface area (Å²) < 4.78 is 13.1. The van der Waals surface area contributed by atoms with Gasteiger partial charge in [0, 0.05) is 18.5 Å². The van der Waals surface area contributed by atoms with Gasteiger partial charge in [-0.05, 0) is 31.5 Å². The summed E-state index contributed by atoms with van der Waals surface area (Å²) in [6.45, 7) is 5.22. The number of hydrogen-bond donors (Lipinski definition) is 2. The first-order valence-corrected chi connectivity index (χ1v) is 7.52. The largest absolute Gasteiger partial charge is 0.352 e. The second-order valence-corrected chi connectivity index (χ2v) is 5.95. The summed E-state index contributed by atoms with van der Waals surface area (Å²) >= 11 is 1.68. The van der Waals surface area contributed by atoms with Crippen molar-refractivity contribution in [3.05, 3.63) is 51.2 Å². The van der Waals surface area contributed by atoms with Crippen molar-refractivity contribution in [1.29, 1.82) is 0 Å². The Hall–Kier alpha value is -1.22. The molecule has 2 aromatic rings. The van der Waals surface area contributed by atoms with Crippen LogP contribution in [0.2, 0.25) is 0 Å². The van der Waals surface area contributed by atoms with E-state index in [9.17, 15) is 4.39 Å². The van der Waals surface area contributed by atoms with Crippen LogP contribution in [-0.2, 0) is 13.1 Å². The molecular formula is C15H20FIN4S. The van der Waals surface area contributed by atoms with Crippen LogP contribution >= 0.6 is 35.3 Å². The van der Waals surface area contributed by atoms with Crippen molar-refractivity contribution >= 4 is 41.3 Å². The Labute approximate surface area is 151 Å². The van der Waals surface area contributed by atoms with Crippen LogP contribution in [0.15, 0.2) is 29.3 Å². The minimum absolute atomic E-state index is 0. The van der Waals surface area contributed by atoms with Crippen LogP contribution in [-0.4, -0.2) is 18.0 Å². The predicted octanol–water partition coefficient (Wildman–Crippen LogP) is 3.38. The summed E-state index contributed by atoms with van der Waals surface area (Å²) in [6, 6.07) is 6.51. The van der Waals surface area contributed by atoms with Crippen LogP contribution in [0, 0.1) is 19.7 Å². The normalized spacial score (nSPS) is 11.0. The second-order valence-electron chi connectivity index (χ2n) is 4.66. The van der Waals surface area contributed by atoms with Crippen LogP contribution in [0.1, 0.15) is 21.1 Å². The zero-order chi connectivity index (χ0) is 15.2. The van der Waals surface area contributed by atoms with Crippen molar-refractivity contribution in [2.75, 3.05) is 7.05 Å². The van der Waals surface area contributed by atoms with Crippen LogP contribution < -0.4 is 10.6 Å². The van der Waals surface area contributed by atoms with Gasteiger partial charge in [-0.1, -0.05) is 12.1 Å². The van der Waals surface area contributed by atoms with Crippen molar-refractivity contribution in [2.24, 2.45) is 4.99 Å². The van der Waals surface area contributed by atoms with Crippen molar-refractivity contribution < 1.29 is 4.39 Å². The highest BCUT2D eigenvalue weighted by molar-refractivity contribution is 14.0. The fraction of sp³-hybridized carbons (Fsp3) is 0.333. The second kappa shape index (κ2) is 9.04. The molecule has 0 aliphatic carbocycles. The monoisotopic (exact) mass is 434 g/mol. The first-order valence-electron chi connectivity index (χ1n) is 6.70. The number of rotatable bonds is 4. The quantitative estimate of drug-likeness (QED) is 0.441. The minimum atomic E-state index is -0.231. The van der Waals surface area contributed by atoms with Gasteiger partial charge in [-0.25, -0.2) is 9.37 Å². The molecule has 0 aliphatic rings. The smallest absolute Gasteiger partial charge is 0.191 e. The zero-order valence-corrected chi connectivity index (χ0v) is 16.0. The molecule has 0 fully saturated rings. The molecule has 4 nitrogen and oxygen atoms in total. The predicted molar refractivity (Wildman–Crippen MR) is 100 cm³/mol. The zero-order valence-electron chi connectivity index (χ0n) is 12.8. The molecule has 0 aliphatic heterocycles. The molecule has 2 rings (SSSR count). The number of nitrogens with one attached hydrogen (secondary N) is 2. The number of halogens is 2. The number of aliphatic imine (C=N–C) groups is 1. The fourth-order valence-corrected chi connectivity index (χ4v) is 2.70. The maximum Gasteiger partial charge on any atom is 0.191 e. The Balaban J connectivity index is 0.00000242. The lowest BCUT2D eigenvalue weighted by Gasteiger charge is -2.11. The Morgan fingerprint density at radius 3 is 2.59 bits per heavy atom. The van der Waals surface area contributed by atoms with Crippen molar-refractivity contribution in [3.8, 4) is 0 Å². The lowest BCUT2D eigenvalue weighted by atomic mass is 10.2. The van der Waals surface area contributed by atoms with E-state index in [0.717, 1.165) is 16.3 Å². The summed E-state index contributed by atoms with van der Waals surface area (Å²) in [5.74, 6) is 0.441. The van der Waals surface area contributed by atoms with Crippen molar-refractivity contribution in [3.63, 3.8) is 0 Å². The summed E-state index contributed by atoms with van der Waals surface area (Å²) in [7, 11) is 1.71. The van der Waals surface area contributed by atoms with Gasteiger partial charge in [-0.3, -0.25) is 4.99 Å². The topological polar surface area (TPSA) is 49.3 Å². The standard InChI is InChI=1S/C15H19FN4S.HI/c1-10-11(2)21-14(20-10)9-19-15(17-3)18-8-12-5-4-6-13(16)7-12;/h4-7H,8-9H2,1-3H3,(H2,17,18,19);1H. The highest BCUT2D eigenvalue weighted by Gasteiger charge is 2.05. The van der Waals surface area contributed by atoms with Gasteiger partial charge in [0.05, 0.1) is 12.2 Å². The van der Waals surface area contributed by atoms with E-state index in [-0.39, 0.29) is 29.8 Å². The number of aromatic nitrogens is 1. The van der Waals surface area contributed by atoms with E-state index >= 15 is 0 Å². The first-order chi connectivity index (χ1) is 10.1. The van der Waals surface area contributed by atoms with Crippen LogP contribution in [0.4, 0.5) is 4.39 Å². The highest BCUT2D eigenvalue weighted by atomic mass is 127. The highest BCUT2D eigenvalue weighted by Crippen LogP contribution is 2.15. The molecule has 0 saturated heterocycles. The molecule has 0 unspecified atom stereocenters. The van der Waals surface area contributed by atoms with E-state index in [4.69, 9.17) is 0 Å². The Morgan fingerprint density at radius 2 is 2.00 bits per heavy atom. The number of benzene rings is 1. The van der Waals surface area contributed by atoms with Crippen molar-refractivity contribution in [2.45, 2.75) is 26.9 Å². The molecule has 2 N–H and O–H groups in total. The average molecular weight is 434 g/mol. The maximum atomic E-state index is 13.1. The van der Waals surface area contributed by atoms with Crippen LogP contribution in [0.25, 0.3) is 0 Å². The number of thiazole rings is 1. The average Bonchev–Trinajstić information content (AvgIpc) is 2.78. The number of aryl methyl sites for hydroxylation is 2. The third-order valence-electron chi connectivity index (χ3n) is 3.05. The SMILES string of the molecule is CN=C(NCc1cccc(F)c1)NCc1nc(C)c(C)s1.I. The molecule has 0 bridgehead atoms. The lowest BCUT2D eigenvalue weighted by molar-refractivity contribution is 0.624. The molecule has 0 saturated carbocycles. The number of hydrogen-bond acceptors (Lipinski definition) is 3. The van der Waals surface area contributed by atoms with E-state index < -0.39 is 0 Å². The van der Waals surface area contributed by atoms with Crippen LogP contribution in [0.5, 0.6) is 0 Å². The molecule has 1 heterocycles. The Kier molecular flexibility index (Phi) is 7.74. The molecule has 0 atom stereocenters. The van der Waals surface area contributed by atoms with Gasteiger partial charge in [0.15, 0.2) is 5.96 Å². The van der Waals surface area contributed by atoms with Gasteiger partial charge >= 0.3 is 0 Å². The lowest BCUT2D eigenvalue weighted by Crippen LogP contribution is -2.36. The molecule has 1 aromatic carbocycles. The third kappa shape index (κ3) is 5.53. The third-order valence-corrected chi connectivity index (χ3v) is 4.13. The molecular weight excluding hydrogens is 414 g/mol. The molecule has 1 aromatic heterocycles. The molecule has 0 radical (unpaired) electrons. The molecule has 7 heteroatoms. The first kappa shape index (κ1) is 18.8. The Morgan fingerprint density at radius 1 is 1.27 bits per heavy atom. The summed E-state index contributed by atoms with van der Waals surface area (Å²) in [4.78, 5) is 9.85. The summed E-state index contributed by atoms with van der Waals surface area (Å²) in [6.07, 6.45) is 0. The van der Waals surface area contributed by atoms with E-state index in [2.05, 4.69) is 27.5 Å². The molecule has 0 amide bonds. The Bertz CT molecular complexity index is 623. The van der Waals surface area contributed by atoms with E-state index in [1.54, 1.807) is 24.5 Å². The number of nitrogens with zero attached hydrogens (tertiary/aromatic N) is 2. The van der Waals surface area contributed by atoms with Gasteiger partial charge < -0.3 is 10.6 Å². The van der Waals surface area contributed by atoms with Gasteiger partial charge in [0.25, 0.3) is 0 Å². The van der Waals surface area contributed by atoms with Crippen LogP contribution in [0.3, 0.4) is 0 Å². The summed E-state index contributed by atoms with van der Waals surface area (Å²) in [5, 5.41) is 7.38. The maximum absolute atomic E-state index is 13.1. The fourth-order valence-electron chi connectivity index (χ4n) is 1.83. The van der Waals surface area contributed by atoms with Gasteiger partial charge in [0.2, 0.25) is 0 Å². The van der Waals surface area contributed by atoms with Gasteiger partial charge in [-0.15, -0.1) is 35.3 Å². The van der Waals surface area contributed by atoms with Gasteiger partial charge in [-0.2, -0.15) is 0 Å². The van der Waals surface area contributed by atoms with E-state index in [1.807, 2.05) is 13.0 Å². The molecule has 120 valence electrons.